The van der Waals surface area contributed by atoms with Gasteiger partial charge in [-0.15, -0.1) is 11.3 Å². The maximum absolute atomic E-state index is 12.2. The number of hydrogen-bond acceptors (Lipinski definition) is 4. The lowest BCUT2D eigenvalue weighted by molar-refractivity contribution is 0.107. The number of sulfonamides is 1. The average molecular weight is 411 g/mol. The number of methoxy groups -OCH3 is 1. The number of ether oxygens (including phenoxy) is 1. The van der Waals surface area contributed by atoms with Crippen molar-refractivity contribution in [2.45, 2.75) is 10.3 Å². The summed E-state index contributed by atoms with van der Waals surface area (Å²) < 4.78 is 33.2. The fourth-order valence-electron chi connectivity index (χ4n) is 1.76. The SMILES string of the molecule is CO[C@@H](CNS(=O)(=O)c1ccc(Br)s1)c1ccccc1Cl. The molecule has 0 unspecified atom stereocenters. The van der Waals surface area contributed by atoms with Gasteiger partial charge in [-0.05, 0) is 34.1 Å². The Kier molecular flexibility index (Phi) is 5.81. The summed E-state index contributed by atoms with van der Waals surface area (Å²) in [6.45, 7) is 0.109. The summed E-state index contributed by atoms with van der Waals surface area (Å²) in [6.07, 6.45) is -0.447. The number of nitrogens with one attached hydrogen (secondary N) is 1. The predicted molar refractivity (Wildman–Crippen MR) is 88.4 cm³/mol. The number of thiophene rings is 1. The molecule has 0 saturated heterocycles. The lowest BCUT2D eigenvalue weighted by Gasteiger charge is -2.17. The Morgan fingerprint density at radius 1 is 1.33 bits per heavy atom. The molecule has 0 spiro atoms. The lowest BCUT2D eigenvalue weighted by Crippen LogP contribution is -2.28. The van der Waals surface area contributed by atoms with Gasteiger partial charge in [-0.3, -0.25) is 0 Å². The zero-order valence-corrected chi connectivity index (χ0v) is 15.0. The first-order valence-corrected chi connectivity index (χ1v) is 9.43. The molecule has 21 heavy (non-hydrogen) atoms. The van der Waals surface area contributed by atoms with E-state index in [0.29, 0.717) is 5.02 Å². The first-order chi connectivity index (χ1) is 9.94. The van der Waals surface area contributed by atoms with Crippen LogP contribution in [-0.4, -0.2) is 22.1 Å². The van der Waals surface area contributed by atoms with E-state index in [1.165, 1.54) is 7.11 Å². The minimum Gasteiger partial charge on any atom is -0.375 e. The number of hydrogen-bond donors (Lipinski definition) is 1. The quantitative estimate of drug-likeness (QED) is 0.787. The van der Waals surface area contributed by atoms with Crippen molar-refractivity contribution in [2.75, 3.05) is 13.7 Å². The van der Waals surface area contributed by atoms with Gasteiger partial charge in [-0.2, -0.15) is 0 Å². The molecule has 2 aromatic rings. The van der Waals surface area contributed by atoms with Gasteiger partial charge < -0.3 is 4.74 Å². The molecule has 0 radical (unpaired) electrons. The molecule has 1 aromatic heterocycles. The van der Waals surface area contributed by atoms with E-state index in [9.17, 15) is 8.42 Å². The maximum Gasteiger partial charge on any atom is 0.250 e. The van der Waals surface area contributed by atoms with E-state index in [4.69, 9.17) is 16.3 Å². The van der Waals surface area contributed by atoms with Crippen LogP contribution in [0.5, 0.6) is 0 Å². The monoisotopic (exact) mass is 409 g/mol. The highest BCUT2D eigenvalue weighted by molar-refractivity contribution is 9.11. The van der Waals surface area contributed by atoms with Crippen molar-refractivity contribution < 1.29 is 13.2 Å². The van der Waals surface area contributed by atoms with Crippen molar-refractivity contribution in [3.8, 4) is 0 Å². The first-order valence-electron chi connectivity index (χ1n) is 5.96. The molecule has 0 fully saturated rings. The van der Waals surface area contributed by atoms with E-state index in [-0.39, 0.29) is 10.8 Å². The summed E-state index contributed by atoms with van der Waals surface area (Å²) in [5.41, 5.74) is 0.747. The minimum atomic E-state index is -3.55. The van der Waals surface area contributed by atoms with Gasteiger partial charge in [0.2, 0.25) is 10.0 Å². The van der Waals surface area contributed by atoms with Crippen LogP contribution in [0.3, 0.4) is 0 Å². The van der Waals surface area contributed by atoms with Gasteiger partial charge in [0.25, 0.3) is 0 Å². The number of benzene rings is 1. The summed E-state index contributed by atoms with van der Waals surface area (Å²) >= 11 is 10.5. The van der Waals surface area contributed by atoms with Gasteiger partial charge >= 0.3 is 0 Å². The summed E-state index contributed by atoms with van der Waals surface area (Å²) in [5.74, 6) is 0. The van der Waals surface area contributed by atoms with Crippen molar-refractivity contribution in [3.63, 3.8) is 0 Å². The Morgan fingerprint density at radius 3 is 2.62 bits per heavy atom. The highest BCUT2D eigenvalue weighted by Gasteiger charge is 2.20. The molecule has 0 saturated carbocycles. The second kappa shape index (κ2) is 7.21. The molecule has 1 atom stereocenters. The molecular weight excluding hydrogens is 398 g/mol. The zero-order chi connectivity index (χ0) is 15.5. The third-order valence-electron chi connectivity index (χ3n) is 2.81. The Bertz CT molecular complexity index is 718. The average Bonchev–Trinajstić information content (AvgIpc) is 2.89. The molecule has 0 aliphatic heterocycles. The Morgan fingerprint density at radius 2 is 2.05 bits per heavy atom. The van der Waals surface area contributed by atoms with E-state index in [1.54, 1.807) is 18.2 Å². The van der Waals surface area contributed by atoms with Crippen LogP contribution in [0, 0.1) is 0 Å². The number of rotatable bonds is 6. The third kappa shape index (κ3) is 4.28. The Balaban J connectivity index is 2.12. The van der Waals surface area contributed by atoms with E-state index in [0.717, 1.165) is 20.7 Å². The fourth-order valence-corrected chi connectivity index (χ4v) is 5.10. The van der Waals surface area contributed by atoms with Gasteiger partial charge in [-0.1, -0.05) is 29.8 Å². The molecule has 0 bridgehead atoms. The van der Waals surface area contributed by atoms with Crippen molar-refractivity contribution in [1.82, 2.24) is 4.72 Å². The van der Waals surface area contributed by atoms with Gasteiger partial charge in [0.05, 0.1) is 9.89 Å². The van der Waals surface area contributed by atoms with Gasteiger partial charge in [-0.25, -0.2) is 13.1 Å². The second-order valence-corrected chi connectivity index (χ2v) is 9.02. The Hall–Kier alpha value is -0.440. The molecule has 2 rings (SSSR count). The van der Waals surface area contributed by atoms with Crippen LogP contribution >= 0.6 is 38.9 Å². The van der Waals surface area contributed by atoms with Crippen LogP contribution in [0.4, 0.5) is 0 Å². The van der Waals surface area contributed by atoms with Crippen molar-refractivity contribution in [3.05, 3.63) is 50.8 Å². The molecule has 1 heterocycles. The van der Waals surface area contributed by atoms with Gasteiger partial charge in [0.15, 0.2) is 0 Å². The zero-order valence-electron chi connectivity index (χ0n) is 11.0. The molecule has 0 aliphatic rings. The first kappa shape index (κ1) is 16.9. The van der Waals surface area contributed by atoms with Crippen LogP contribution < -0.4 is 4.72 Å². The van der Waals surface area contributed by atoms with E-state index < -0.39 is 16.1 Å². The summed E-state index contributed by atoms with van der Waals surface area (Å²) in [4.78, 5) is 0. The third-order valence-corrected chi connectivity index (χ3v) is 6.69. The van der Waals surface area contributed by atoms with Gasteiger partial charge in [0.1, 0.15) is 4.21 Å². The smallest absolute Gasteiger partial charge is 0.250 e. The van der Waals surface area contributed by atoms with Gasteiger partial charge in [0, 0.05) is 24.2 Å². The highest BCUT2D eigenvalue weighted by atomic mass is 79.9. The number of halogens is 2. The van der Waals surface area contributed by atoms with Crippen LogP contribution in [0.2, 0.25) is 5.02 Å². The van der Waals surface area contributed by atoms with E-state index >= 15 is 0 Å². The van der Waals surface area contributed by atoms with Crippen LogP contribution in [0.25, 0.3) is 0 Å². The molecule has 0 amide bonds. The van der Waals surface area contributed by atoms with Crippen molar-refractivity contribution in [1.29, 1.82) is 0 Å². The predicted octanol–water partition coefficient (Wildman–Crippen LogP) is 3.83. The molecular formula is C13H13BrClNO3S2. The molecule has 1 aromatic carbocycles. The molecule has 0 aliphatic carbocycles. The molecule has 4 nitrogen and oxygen atoms in total. The van der Waals surface area contributed by atoms with E-state index in [1.807, 2.05) is 18.2 Å². The van der Waals surface area contributed by atoms with Crippen LogP contribution in [0.15, 0.2) is 44.4 Å². The van der Waals surface area contributed by atoms with E-state index in [2.05, 4.69) is 20.7 Å². The van der Waals surface area contributed by atoms with Crippen molar-refractivity contribution >= 4 is 48.9 Å². The van der Waals surface area contributed by atoms with Crippen LogP contribution in [-0.2, 0) is 14.8 Å². The maximum atomic E-state index is 12.2. The fraction of sp³-hybridized carbons (Fsp3) is 0.231. The minimum absolute atomic E-state index is 0.109. The van der Waals surface area contributed by atoms with Crippen LogP contribution in [0.1, 0.15) is 11.7 Å². The molecule has 1 N–H and O–H groups in total. The Labute approximate surface area is 141 Å². The standard InChI is InChI=1S/C13H13BrClNO3S2/c1-19-11(9-4-2-3-5-10(9)15)8-16-21(17,18)13-7-6-12(14)20-13/h2-7,11,16H,8H2,1H3/t11-/m0/s1. The summed E-state index contributed by atoms with van der Waals surface area (Å²) in [6, 6.07) is 10.4. The largest absolute Gasteiger partial charge is 0.375 e. The normalized spacial score (nSPS) is 13.3. The second-order valence-electron chi connectivity index (χ2n) is 4.16. The van der Waals surface area contributed by atoms with Crippen molar-refractivity contribution in [2.24, 2.45) is 0 Å². The molecule has 8 heteroatoms. The highest BCUT2D eigenvalue weighted by Crippen LogP contribution is 2.27. The summed E-state index contributed by atoms with van der Waals surface area (Å²) in [7, 11) is -2.03. The topological polar surface area (TPSA) is 55.4 Å². The summed E-state index contributed by atoms with van der Waals surface area (Å²) in [5, 5.41) is 0.544. The lowest BCUT2D eigenvalue weighted by atomic mass is 10.1. The molecule has 114 valence electrons.